The molecule has 4 heteroatoms. The highest BCUT2D eigenvalue weighted by atomic mass is 16.2. The van der Waals surface area contributed by atoms with Crippen LogP contribution in [0.25, 0.3) is 0 Å². The molecule has 0 aliphatic heterocycles. The molecule has 1 aromatic heterocycles. The van der Waals surface area contributed by atoms with Gasteiger partial charge in [-0.05, 0) is 37.6 Å². The van der Waals surface area contributed by atoms with E-state index >= 15 is 0 Å². The third-order valence-electron chi connectivity index (χ3n) is 2.70. The second-order valence-corrected chi connectivity index (χ2v) is 4.04. The lowest BCUT2D eigenvalue weighted by molar-refractivity contribution is 0.0954. The predicted octanol–water partition coefficient (Wildman–Crippen LogP) is 2.48. The fraction of sp³-hybridized carbons (Fsp3) is 0.143. The zero-order valence-corrected chi connectivity index (χ0v) is 10.4. The van der Waals surface area contributed by atoms with E-state index in [1.165, 1.54) is 0 Å². The molecule has 0 aliphatic carbocycles. The van der Waals surface area contributed by atoms with Crippen molar-refractivity contribution >= 4 is 11.6 Å². The van der Waals surface area contributed by atoms with Gasteiger partial charge in [0.05, 0.1) is 11.4 Å². The van der Waals surface area contributed by atoms with Crippen LogP contribution in [0.3, 0.4) is 0 Å². The Kier molecular flexibility index (Phi) is 3.57. The molecule has 0 radical (unpaired) electrons. The lowest BCUT2D eigenvalue weighted by Gasteiger charge is -2.04. The second kappa shape index (κ2) is 5.31. The van der Waals surface area contributed by atoms with Gasteiger partial charge in [0.15, 0.2) is 0 Å². The molecule has 0 atom stereocenters. The number of rotatable bonds is 3. The summed E-state index contributed by atoms with van der Waals surface area (Å²) >= 11 is 0. The number of nitrogens with zero attached hydrogens (tertiary/aromatic N) is 1. The number of H-pyrrole nitrogens is 1. The molecule has 92 valence electrons. The molecule has 0 aliphatic rings. The van der Waals surface area contributed by atoms with Gasteiger partial charge < -0.3 is 4.98 Å². The van der Waals surface area contributed by atoms with Gasteiger partial charge in [-0.15, -0.1) is 0 Å². The van der Waals surface area contributed by atoms with E-state index in [-0.39, 0.29) is 5.91 Å². The molecule has 0 saturated carbocycles. The summed E-state index contributed by atoms with van der Waals surface area (Å²) in [6.07, 6.45) is 1.82. The first kappa shape index (κ1) is 12.1. The standard InChI is InChI=1S/C14H15N3O/c1-10-6-3-4-7-12(10)14(18)17-16-11(2)13-8-5-9-15-13/h3-9,15H,1-2H3,(H,17,18)/b16-11+. The van der Waals surface area contributed by atoms with Crippen LogP contribution in [0.1, 0.15) is 28.5 Å². The molecule has 0 bridgehead atoms. The highest BCUT2D eigenvalue weighted by molar-refractivity contribution is 6.00. The fourth-order valence-corrected chi connectivity index (χ4v) is 1.64. The summed E-state index contributed by atoms with van der Waals surface area (Å²) in [7, 11) is 0. The number of hydrogen-bond acceptors (Lipinski definition) is 2. The van der Waals surface area contributed by atoms with Crippen LogP contribution in [0.2, 0.25) is 0 Å². The molecule has 4 nitrogen and oxygen atoms in total. The van der Waals surface area contributed by atoms with Gasteiger partial charge in [-0.25, -0.2) is 5.43 Å². The van der Waals surface area contributed by atoms with Crippen molar-refractivity contribution in [1.82, 2.24) is 10.4 Å². The van der Waals surface area contributed by atoms with Gasteiger partial charge in [-0.3, -0.25) is 4.79 Å². The van der Waals surface area contributed by atoms with Crippen molar-refractivity contribution < 1.29 is 4.79 Å². The molecule has 2 rings (SSSR count). The molecule has 1 heterocycles. The van der Waals surface area contributed by atoms with Crippen molar-refractivity contribution in [1.29, 1.82) is 0 Å². The molecule has 1 amide bonds. The van der Waals surface area contributed by atoms with Crippen LogP contribution in [0.4, 0.5) is 0 Å². The van der Waals surface area contributed by atoms with Gasteiger partial charge in [0.2, 0.25) is 0 Å². The van der Waals surface area contributed by atoms with E-state index in [1.54, 1.807) is 6.07 Å². The van der Waals surface area contributed by atoms with Crippen LogP contribution in [0.5, 0.6) is 0 Å². The number of hydrogen-bond donors (Lipinski definition) is 2. The molecule has 0 unspecified atom stereocenters. The number of amides is 1. The first-order valence-corrected chi connectivity index (χ1v) is 5.72. The summed E-state index contributed by atoms with van der Waals surface area (Å²) in [4.78, 5) is 14.9. The minimum absolute atomic E-state index is 0.195. The first-order valence-electron chi connectivity index (χ1n) is 5.72. The van der Waals surface area contributed by atoms with E-state index in [4.69, 9.17) is 0 Å². The number of carbonyl (C=O) groups excluding carboxylic acids is 1. The SMILES string of the molecule is C/C(=N\NC(=O)c1ccccc1C)c1ccc[nH]1. The van der Waals surface area contributed by atoms with E-state index in [1.807, 2.05) is 50.4 Å². The summed E-state index contributed by atoms with van der Waals surface area (Å²) in [5.74, 6) is -0.195. The number of nitrogens with one attached hydrogen (secondary N) is 2. The number of aromatic nitrogens is 1. The number of aromatic amines is 1. The largest absolute Gasteiger partial charge is 0.360 e. The van der Waals surface area contributed by atoms with Crippen molar-refractivity contribution in [2.24, 2.45) is 5.10 Å². The molecule has 0 saturated heterocycles. The van der Waals surface area contributed by atoms with Crippen molar-refractivity contribution in [3.63, 3.8) is 0 Å². The van der Waals surface area contributed by atoms with E-state index < -0.39 is 0 Å². The van der Waals surface area contributed by atoms with E-state index in [0.717, 1.165) is 17.0 Å². The lowest BCUT2D eigenvalue weighted by Crippen LogP contribution is -2.20. The highest BCUT2D eigenvalue weighted by Crippen LogP contribution is 2.06. The molecule has 2 aromatic rings. The number of carbonyl (C=O) groups is 1. The van der Waals surface area contributed by atoms with Gasteiger partial charge >= 0.3 is 0 Å². The van der Waals surface area contributed by atoms with Gasteiger partial charge in [0.1, 0.15) is 0 Å². The van der Waals surface area contributed by atoms with Crippen molar-refractivity contribution in [3.05, 3.63) is 59.4 Å². The Hall–Kier alpha value is -2.36. The average Bonchev–Trinajstić information content (AvgIpc) is 2.90. The third kappa shape index (κ3) is 2.66. The average molecular weight is 241 g/mol. The van der Waals surface area contributed by atoms with Crippen LogP contribution in [0.15, 0.2) is 47.7 Å². The molecule has 0 fully saturated rings. The Morgan fingerprint density at radius 2 is 2.00 bits per heavy atom. The van der Waals surface area contributed by atoms with Gasteiger partial charge in [-0.2, -0.15) is 5.10 Å². The zero-order chi connectivity index (χ0) is 13.0. The predicted molar refractivity (Wildman–Crippen MR) is 71.6 cm³/mol. The molecule has 1 aromatic carbocycles. The highest BCUT2D eigenvalue weighted by Gasteiger charge is 2.07. The monoisotopic (exact) mass is 241 g/mol. The molecular weight excluding hydrogens is 226 g/mol. The van der Waals surface area contributed by atoms with Gasteiger partial charge in [0.25, 0.3) is 5.91 Å². The summed E-state index contributed by atoms with van der Waals surface area (Å²) in [6.45, 7) is 3.74. The molecule has 2 N–H and O–H groups in total. The number of hydrazone groups is 1. The Morgan fingerprint density at radius 1 is 1.22 bits per heavy atom. The van der Waals surface area contributed by atoms with E-state index in [0.29, 0.717) is 5.56 Å². The number of aryl methyl sites for hydroxylation is 1. The summed E-state index contributed by atoms with van der Waals surface area (Å²) in [5.41, 5.74) is 5.76. The molecule has 18 heavy (non-hydrogen) atoms. The van der Waals surface area contributed by atoms with Crippen molar-refractivity contribution in [2.45, 2.75) is 13.8 Å². The quantitative estimate of drug-likeness (QED) is 0.629. The zero-order valence-electron chi connectivity index (χ0n) is 10.4. The van der Waals surface area contributed by atoms with Crippen LogP contribution in [-0.2, 0) is 0 Å². The van der Waals surface area contributed by atoms with Crippen LogP contribution >= 0.6 is 0 Å². The van der Waals surface area contributed by atoms with E-state index in [2.05, 4.69) is 15.5 Å². The summed E-state index contributed by atoms with van der Waals surface area (Å²) in [6, 6.07) is 11.2. The topological polar surface area (TPSA) is 57.2 Å². The summed E-state index contributed by atoms with van der Waals surface area (Å²) in [5, 5.41) is 4.07. The second-order valence-electron chi connectivity index (χ2n) is 4.04. The molecular formula is C14H15N3O. The number of benzene rings is 1. The third-order valence-corrected chi connectivity index (χ3v) is 2.70. The lowest BCUT2D eigenvalue weighted by atomic mass is 10.1. The smallest absolute Gasteiger partial charge is 0.271 e. The van der Waals surface area contributed by atoms with Gasteiger partial charge in [0, 0.05) is 11.8 Å². The van der Waals surface area contributed by atoms with Crippen LogP contribution in [-0.4, -0.2) is 16.6 Å². The molecule has 0 spiro atoms. The van der Waals surface area contributed by atoms with Crippen molar-refractivity contribution in [2.75, 3.05) is 0 Å². The maximum absolute atomic E-state index is 11.9. The van der Waals surface area contributed by atoms with Gasteiger partial charge in [-0.1, -0.05) is 18.2 Å². The maximum atomic E-state index is 11.9. The Balaban J connectivity index is 2.09. The van der Waals surface area contributed by atoms with Crippen LogP contribution in [0, 0.1) is 6.92 Å². The Labute approximate surface area is 106 Å². The maximum Gasteiger partial charge on any atom is 0.271 e. The van der Waals surface area contributed by atoms with Crippen LogP contribution < -0.4 is 5.43 Å². The Bertz CT molecular complexity index is 570. The fourth-order valence-electron chi connectivity index (χ4n) is 1.64. The normalized spacial score (nSPS) is 11.3. The minimum atomic E-state index is -0.195. The summed E-state index contributed by atoms with van der Waals surface area (Å²) < 4.78 is 0. The van der Waals surface area contributed by atoms with Crippen molar-refractivity contribution in [3.8, 4) is 0 Å². The first-order chi connectivity index (χ1) is 8.68. The Morgan fingerprint density at radius 3 is 2.67 bits per heavy atom. The minimum Gasteiger partial charge on any atom is -0.360 e. The van der Waals surface area contributed by atoms with E-state index in [9.17, 15) is 4.79 Å².